The lowest BCUT2D eigenvalue weighted by molar-refractivity contribution is 0.100. The van der Waals surface area contributed by atoms with Gasteiger partial charge in [0.15, 0.2) is 0 Å². The maximum absolute atomic E-state index is 12.8. The molecule has 0 saturated carbocycles. The minimum atomic E-state index is -0.512. The van der Waals surface area contributed by atoms with E-state index in [-0.39, 0.29) is 5.56 Å². The molecule has 0 aliphatic heterocycles. The topological polar surface area (TPSA) is 87.2 Å². The average molecular weight is 309 g/mol. The number of aryl methyl sites for hydroxylation is 1. The maximum Gasteiger partial charge on any atom is 0.266 e. The molecule has 2 aromatic carbocycles. The highest BCUT2D eigenvalue weighted by atomic mass is 16.5. The van der Waals surface area contributed by atoms with E-state index in [4.69, 9.17) is 10.5 Å². The molecule has 0 atom stereocenters. The van der Waals surface area contributed by atoms with Crippen molar-refractivity contribution in [2.75, 3.05) is 7.11 Å². The molecule has 3 rings (SSSR count). The highest BCUT2D eigenvalue weighted by Crippen LogP contribution is 2.18. The summed E-state index contributed by atoms with van der Waals surface area (Å²) >= 11 is 0. The molecule has 0 radical (unpaired) electrons. The second-order valence-corrected chi connectivity index (χ2v) is 5.09. The molecule has 0 fully saturated rings. The molecular weight excluding hydrogens is 294 g/mol. The molecule has 2 N–H and O–H groups in total. The van der Waals surface area contributed by atoms with Gasteiger partial charge in [0.2, 0.25) is 5.91 Å². The Morgan fingerprint density at radius 3 is 2.48 bits per heavy atom. The summed E-state index contributed by atoms with van der Waals surface area (Å²) in [7, 11) is 1.55. The third-order valence-electron chi connectivity index (χ3n) is 3.65. The molecule has 0 bridgehead atoms. The number of carbonyl (C=O) groups excluding carboxylic acids is 1. The standard InChI is InChI=1S/C17H15N3O3/c1-10-19-15-8-7-13(23-2)9-14(15)17(22)20(10)12-5-3-11(4-6-12)16(18)21/h3-9H,1-2H3,(H2,18,21). The Bertz CT molecular complexity index is 959. The normalized spacial score (nSPS) is 10.7. The molecule has 1 heterocycles. The van der Waals surface area contributed by atoms with Crippen LogP contribution in [0, 0.1) is 6.92 Å². The van der Waals surface area contributed by atoms with Crippen LogP contribution in [0.25, 0.3) is 16.6 Å². The second-order valence-electron chi connectivity index (χ2n) is 5.09. The molecule has 1 aromatic heterocycles. The van der Waals surface area contributed by atoms with Gasteiger partial charge in [-0.1, -0.05) is 0 Å². The van der Waals surface area contributed by atoms with Gasteiger partial charge in [-0.15, -0.1) is 0 Å². The molecule has 0 spiro atoms. The van der Waals surface area contributed by atoms with Crippen LogP contribution in [-0.2, 0) is 0 Å². The fourth-order valence-corrected chi connectivity index (χ4v) is 2.48. The molecule has 116 valence electrons. The summed E-state index contributed by atoms with van der Waals surface area (Å²) in [4.78, 5) is 28.4. The van der Waals surface area contributed by atoms with E-state index in [1.807, 2.05) is 0 Å². The van der Waals surface area contributed by atoms with E-state index in [1.54, 1.807) is 56.5 Å². The number of hydrogen-bond acceptors (Lipinski definition) is 4. The highest BCUT2D eigenvalue weighted by Gasteiger charge is 2.11. The molecule has 23 heavy (non-hydrogen) atoms. The minimum absolute atomic E-state index is 0.196. The number of nitrogens with two attached hydrogens (primary N) is 1. The van der Waals surface area contributed by atoms with E-state index in [0.29, 0.717) is 33.7 Å². The number of primary amides is 1. The maximum atomic E-state index is 12.8. The van der Waals surface area contributed by atoms with Gasteiger partial charge in [-0.05, 0) is 49.4 Å². The lowest BCUT2D eigenvalue weighted by atomic mass is 10.2. The molecule has 6 nitrogen and oxygen atoms in total. The summed E-state index contributed by atoms with van der Waals surface area (Å²) < 4.78 is 6.66. The van der Waals surface area contributed by atoms with Crippen LogP contribution in [0.4, 0.5) is 0 Å². The predicted molar refractivity (Wildman–Crippen MR) is 87.1 cm³/mol. The van der Waals surface area contributed by atoms with Crippen LogP contribution in [0.2, 0.25) is 0 Å². The largest absolute Gasteiger partial charge is 0.497 e. The van der Waals surface area contributed by atoms with Gasteiger partial charge in [0.25, 0.3) is 5.56 Å². The van der Waals surface area contributed by atoms with E-state index in [9.17, 15) is 9.59 Å². The van der Waals surface area contributed by atoms with Gasteiger partial charge in [0.05, 0.1) is 23.7 Å². The van der Waals surface area contributed by atoms with Crippen molar-refractivity contribution in [3.05, 3.63) is 64.2 Å². The zero-order chi connectivity index (χ0) is 16.6. The van der Waals surface area contributed by atoms with Crippen molar-refractivity contribution >= 4 is 16.8 Å². The number of benzene rings is 2. The van der Waals surface area contributed by atoms with E-state index in [2.05, 4.69) is 4.98 Å². The first-order chi connectivity index (χ1) is 11.0. The predicted octanol–water partition coefficient (Wildman–Crippen LogP) is 1.80. The third-order valence-corrected chi connectivity index (χ3v) is 3.65. The Labute approximate surface area is 132 Å². The van der Waals surface area contributed by atoms with Crippen molar-refractivity contribution < 1.29 is 9.53 Å². The fraction of sp³-hybridized carbons (Fsp3) is 0.118. The first-order valence-electron chi connectivity index (χ1n) is 6.99. The Balaban J connectivity index is 2.24. The second kappa shape index (κ2) is 5.57. The number of fused-ring (bicyclic) bond motifs is 1. The van der Waals surface area contributed by atoms with Crippen molar-refractivity contribution in [3.8, 4) is 11.4 Å². The summed E-state index contributed by atoms with van der Waals surface area (Å²) in [6.45, 7) is 1.76. The summed E-state index contributed by atoms with van der Waals surface area (Å²) in [5, 5.41) is 0.467. The van der Waals surface area contributed by atoms with Gasteiger partial charge in [-0.2, -0.15) is 0 Å². The van der Waals surface area contributed by atoms with E-state index in [0.717, 1.165) is 0 Å². The number of nitrogens with zero attached hydrogens (tertiary/aromatic N) is 2. The van der Waals surface area contributed by atoms with Crippen molar-refractivity contribution in [2.45, 2.75) is 6.92 Å². The van der Waals surface area contributed by atoms with Gasteiger partial charge in [-0.25, -0.2) is 4.98 Å². The first-order valence-corrected chi connectivity index (χ1v) is 6.99. The van der Waals surface area contributed by atoms with Crippen molar-refractivity contribution in [2.24, 2.45) is 5.73 Å². The van der Waals surface area contributed by atoms with Crippen LogP contribution < -0.4 is 16.0 Å². The molecular formula is C17H15N3O3. The van der Waals surface area contributed by atoms with Crippen LogP contribution in [0.1, 0.15) is 16.2 Å². The summed E-state index contributed by atoms with van der Waals surface area (Å²) in [5.74, 6) is 0.636. The van der Waals surface area contributed by atoms with Gasteiger partial charge in [-0.3, -0.25) is 14.2 Å². The van der Waals surface area contributed by atoms with E-state index >= 15 is 0 Å². The van der Waals surface area contributed by atoms with E-state index in [1.165, 1.54) is 4.57 Å². The number of ether oxygens (including phenoxy) is 1. The SMILES string of the molecule is COc1ccc2nc(C)n(-c3ccc(C(N)=O)cc3)c(=O)c2c1. The number of methoxy groups -OCH3 is 1. The van der Waals surface area contributed by atoms with Gasteiger partial charge in [0, 0.05) is 5.56 Å². The molecule has 0 aliphatic carbocycles. The summed E-state index contributed by atoms with van der Waals surface area (Å²) in [6, 6.07) is 11.7. The number of hydrogen-bond donors (Lipinski definition) is 1. The van der Waals surface area contributed by atoms with Gasteiger partial charge >= 0.3 is 0 Å². The van der Waals surface area contributed by atoms with Crippen LogP contribution >= 0.6 is 0 Å². The van der Waals surface area contributed by atoms with Crippen LogP contribution in [-0.4, -0.2) is 22.6 Å². The van der Waals surface area contributed by atoms with E-state index < -0.39 is 5.91 Å². The summed E-state index contributed by atoms with van der Waals surface area (Å²) in [5.41, 5.74) is 6.65. The molecule has 0 unspecified atom stereocenters. The van der Waals surface area contributed by atoms with Crippen LogP contribution in [0.15, 0.2) is 47.3 Å². The quantitative estimate of drug-likeness (QED) is 0.799. The lowest BCUT2D eigenvalue weighted by Gasteiger charge is -2.11. The summed E-state index contributed by atoms with van der Waals surface area (Å²) in [6.07, 6.45) is 0. The highest BCUT2D eigenvalue weighted by molar-refractivity contribution is 5.92. The molecule has 1 amide bonds. The first kappa shape index (κ1) is 14.8. The Kier molecular flexibility index (Phi) is 3.57. The zero-order valence-corrected chi connectivity index (χ0v) is 12.7. The molecule has 3 aromatic rings. The van der Waals surface area contributed by atoms with Crippen LogP contribution in [0.3, 0.4) is 0 Å². The van der Waals surface area contributed by atoms with Crippen LogP contribution in [0.5, 0.6) is 5.75 Å². The number of carbonyl (C=O) groups is 1. The Morgan fingerprint density at radius 1 is 1.17 bits per heavy atom. The fourth-order valence-electron chi connectivity index (χ4n) is 2.48. The smallest absolute Gasteiger partial charge is 0.266 e. The third kappa shape index (κ3) is 2.55. The Hall–Kier alpha value is -3.15. The molecule has 0 saturated heterocycles. The molecule has 0 aliphatic rings. The number of amides is 1. The van der Waals surface area contributed by atoms with Gasteiger partial charge < -0.3 is 10.5 Å². The average Bonchev–Trinajstić information content (AvgIpc) is 2.55. The van der Waals surface area contributed by atoms with Gasteiger partial charge in [0.1, 0.15) is 11.6 Å². The van der Waals surface area contributed by atoms with Crippen molar-refractivity contribution in [1.29, 1.82) is 0 Å². The number of aromatic nitrogens is 2. The van der Waals surface area contributed by atoms with Crippen molar-refractivity contribution in [1.82, 2.24) is 9.55 Å². The lowest BCUT2D eigenvalue weighted by Crippen LogP contribution is -2.22. The monoisotopic (exact) mass is 309 g/mol. The number of rotatable bonds is 3. The Morgan fingerprint density at radius 2 is 1.87 bits per heavy atom. The zero-order valence-electron chi connectivity index (χ0n) is 12.7. The molecule has 6 heteroatoms. The van der Waals surface area contributed by atoms with Crippen molar-refractivity contribution in [3.63, 3.8) is 0 Å². The minimum Gasteiger partial charge on any atom is -0.497 e.